The van der Waals surface area contributed by atoms with Crippen molar-refractivity contribution in [3.05, 3.63) is 12.2 Å². The molecule has 0 radical (unpaired) electrons. The monoisotopic (exact) mass is 267 g/mol. The molecule has 4 nitrogen and oxygen atoms in total. The highest BCUT2D eigenvalue weighted by Gasteiger charge is 2.46. The third kappa shape index (κ3) is 2.47. The number of aliphatic imine (C=N–C) groups is 1. The van der Waals surface area contributed by atoms with Crippen LogP contribution in [0.4, 0.5) is 0 Å². The molecule has 2 unspecified atom stereocenters. The van der Waals surface area contributed by atoms with Crippen LogP contribution in [-0.2, 0) is 4.79 Å². The minimum atomic E-state index is -0.200. The van der Waals surface area contributed by atoms with E-state index < -0.39 is 0 Å². The van der Waals surface area contributed by atoms with E-state index in [0.717, 1.165) is 13.0 Å². The number of thiol groups is 1. The van der Waals surface area contributed by atoms with Gasteiger partial charge in [-0.2, -0.15) is 12.6 Å². The Morgan fingerprint density at radius 1 is 1.67 bits per heavy atom. The Morgan fingerprint density at radius 3 is 2.94 bits per heavy atom. The molecule has 0 aliphatic carbocycles. The second-order valence-corrected chi connectivity index (χ2v) is 5.72. The molecule has 0 aromatic heterocycles. The van der Waals surface area contributed by atoms with E-state index in [1.165, 1.54) is 13.3 Å². The van der Waals surface area contributed by atoms with Crippen LogP contribution in [0.3, 0.4) is 0 Å². The second kappa shape index (κ2) is 5.45. The maximum Gasteiger partial charge on any atom is 0.217 e. The van der Waals surface area contributed by atoms with Crippen LogP contribution < -0.4 is 5.32 Å². The van der Waals surface area contributed by atoms with Crippen LogP contribution >= 0.6 is 12.6 Å². The predicted octanol–water partition coefficient (Wildman–Crippen LogP) is 1.10. The average Bonchev–Trinajstić information content (AvgIpc) is 2.76. The smallest absolute Gasteiger partial charge is 0.217 e. The van der Waals surface area contributed by atoms with E-state index in [4.69, 9.17) is 0 Å². The van der Waals surface area contributed by atoms with Crippen molar-refractivity contribution in [2.75, 3.05) is 20.1 Å². The number of allylic oxidation sites excluding steroid dienone is 1. The number of carbonyl (C=O) groups excluding carboxylic acids is 1. The minimum absolute atomic E-state index is 0.0435. The molecule has 3 atom stereocenters. The summed E-state index contributed by atoms with van der Waals surface area (Å²) >= 11 is 4.63. The Kier molecular flexibility index (Phi) is 4.12. The van der Waals surface area contributed by atoms with Crippen molar-refractivity contribution in [2.45, 2.75) is 31.2 Å². The summed E-state index contributed by atoms with van der Waals surface area (Å²) in [6.07, 6.45) is 8.29. The standard InChI is InChI=1S/C13H21N3OS/c1-10(17)15-12(18)13(6-4-7-14-9-13)11-5-3-8-16(11)2/h4,6-7,11-12,18H,3,5,8-9H2,1-2H3,(H,15,17)/t11-,12?,13?/m0/s1. The molecular formula is C13H21N3OS. The van der Waals surface area contributed by atoms with Gasteiger partial charge in [-0.15, -0.1) is 0 Å². The van der Waals surface area contributed by atoms with Crippen LogP contribution in [0.25, 0.3) is 0 Å². The third-order valence-electron chi connectivity index (χ3n) is 3.95. The predicted molar refractivity (Wildman–Crippen MR) is 77.2 cm³/mol. The summed E-state index contributed by atoms with van der Waals surface area (Å²) < 4.78 is 0. The van der Waals surface area contributed by atoms with E-state index >= 15 is 0 Å². The Morgan fingerprint density at radius 2 is 2.44 bits per heavy atom. The van der Waals surface area contributed by atoms with Gasteiger partial charge in [0.15, 0.2) is 0 Å². The molecular weight excluding hydrogens is 246 g/mol. The number of nitrogens with zero attached hydrogens (tertiary/aromatic N) is 2. The van der Waals surface area contributed by atoms with Crippen molar-refractivity contribution in [3.63, 3.8) is 0 Å². The summed E-state index contributed by atoms with van der Waals surface area (Å²) in [5.74, 6) is -0.0435. The van der Waals surface area contributed by atoms with E-state index in [1.54, 1.807) is 0 Å². The van der Waals surface area contributed by atoms with Crippen molar-refractivity contribution in [2.24, 2.45) is 10.4 Å². The number of nitrogens with one attached hydrogen (secondary N) is 1. The van der Waals surface area contributed by atoms with Gasteiger partial charge in [0.25, 0.3) is 0 Å². The molecule has 1 amide bonds. The van der Waals surface area contributed by atoms with Gasteiger partial charge >= 0.3 is 0 Å². The second-order valence-electron chi connectivity index (χ2n) is 5.20. The molecule has 0 bridgehead atoms. The largest absolute Gasteiger partial charge is 0.344 e. The topological polar surface area (TPSA) is 44.7 Å². The van der Waals surface area contributed by atoms with E-state index in [2.05, 4.69) is 41.0 Å². The highest BCUT2D eigenvalue weighted by molar-refractivity contribution is 7.81. The maximum atomic E-state index is 11.3. The van der Waals surface area contributed by atoms with Gasteiger partial charge in [0.2, 0.25) is 5.91 Å². The van der Waals surface area contributed by atoms with Gasteiger partial charge in [-0.3, -0.25) is 9.79 Å². The summed E-state index contributed by atoms with van der Waals surface area (Å²) in [5, 5.41) is 2.72. The lowest BCUT2D eigenvalue weighted by Crippen LogP contribution is -2.55. The zero-order valence-electron chi connectivity index (χ0n) is 11.0. The highest BCUT2D eigenvalue weighted by Crippen LogP contribution is 2.40. The van der Waals surface area contributed by atoms with Gasteiger partial charge in [0.1, 0.15) is 0 Å². The quantitative estimate of drug-likeness (QED) is 0.594. The fraction of sp³-hybridized carbons (Fsp3) is 0.692. The van der Waals surface area contributed by atoms with Crippen LogP contribution in [-0.4, -0.2) is 48.6 Å². The van der Waals surface area contributed by atoms with Crippen molar-refractivity contribution in [1.82, 2.24) is 10.2 Å². The molecule has 2 aliphatic rings. The first-order valence-electron chi connectivity index (χ1n) is 6.39. The van der Waals surface area contributed by atoms with Gasteiger partial charge in [-0.25, -0.2) is 0 Å². The number of likely N-dealkylation sites (tertiary alicyclic amines) is 1. The maximum absolute atomic E-state index is 11.3. The molecule has 1 N–H and O–H groups in total. The van der Waals surface area contributed by atoms with Gasteiger partial charge in [-0.1, -0.05) is 6.08 Å². The SMILES string of the molecule is CC(=O)NC(S)C1([C@@H]2CCCN2C)C=CC=NC1. The number of carbonyl (C=O) groups is 1. The molecule has 1 fully saturated rings. The third-order valence-corrected chi connectivity index (χ3v) is 4.56. The molecule has 0 aromatic rings. The van der Waals surface area contributed by atoms with Crippen LogP contribution in [0.15, 0.2) is 17.1 Å². The Labute approximate surface area is 114 Å². The van der Waals surface area contributed by atoms with E-state index in [0.29, 0.717) is 12.6 Å². The highest BCUT2D eigenvalue weighted by atomic mass is 32.1. The van der Waals surface area contributed by atoms with Crippen LogP contribution in [0.2, 0.25) is 0 Å². The zero-order chi connectivity index (χ0) is 13.2. The number of rotatable bonds is 3. The zero-order valence-corrected chi connectivity index (χ0v) is 11.9. The Bertz CT molecular complexity index is 382. The summed E-state index contributed by atoms with van der Waals surface area (Å²) in [6.45, 7) is 3.32. The van der Waals surface area contributed by atoms with Gasteiger partial charge < -0.3 is 10.2 Å². The summed E-state index contributed by atoms with van der Waals surface area (Å²) in [6, 6.07) is 0.389. The lowest BCUT2D eigenvalue weighted by atomic mass is 9.77. The van der Waals surface area contributed by atoms with Gasteiger partial charge in [0, 0.05) is 19.2 Å². The van der Waals surface area contributed by atoms with E-state index in [-0.39, 0.29) is 16.7 Å². The number of amides is 1. The molecule has 0 spiro atoms. The molecule has 2 heterocycles. The lowest BCUT2D eigenvalue weighted by molar-refractivity contribution is -0.119. The van der Waals surface area contributed by atoms with Gasteiger partial charge in [0.05, 0.1) is 17.3 Å². The van der Waals surface area contributed by atoms with Crippen molar-refractivity contribution < 1.29 is 4.79 Å². The summed E-state index contributed by atoms with van der Waals surface area (Å²) in [5.41, 5.74) is -0.200. The molecule has 5 heteroatoms. The summed E-state index contributed by atoms with van der Waals surface area (Å²) in [4.78, 5) is 18.1. The normalized spacial score (nSPS) is 33.6. The average molecular weight is 267 g/mol. The Balaban J connectivity index is 2.25. The van der Waals surface area contributed by atoms with Gasteiger partial charge in [-0.05, 0) is 32.5 Å². The first-order valence-corrected chi connectivity index (χ1v) is 6.91. The van der Waals surface area contributed by atoms with Crippen molar-refractivity contribution in [3.8, 4) is 0 Å². The van der Waals surface area contributed by atoms with Crippen LogP contribution in [0, 0.1) is 5.41 Å². The van der Waals surface area contributed by atoms with Crippen LogP contribution in [0.5, 0.6) is 0 Å². The molecule has 100 valence electrons. The first-order chi connectivity index (χ1) is 8.56. The molecule has 0 saturated carbocycles. The van der Waals surface area contributed by atoms with Crippen LogP contribution in [0.1, 0.15) is 19.8 Å². The Hall–Kier alpha value is -0.810. The molecule has 2 rings (SSSR count). The van der Waals surface area contributed by atoms with Crippen molar-refractivity contribution >= 4 is 24.8 Å². The fourth-order valence-electron chi connectivity index (χ4n) is 3.04. The summed E-state index contributed by atoms with van der Waals surface area (Å²) in [7, 11) is 2.14. The molecule has 1 saturated heterocycles. The number of hydrogen-bond donors (Lipinski definition) is 2. The van der Waals surface area contributed by atoms with E-state index in [1.807, 2.05) is 12.3 Å². The lowest BCUT2D eigenvalue weighted by Gasteiger charge is -2.43. The van der Waals surface area contributed by atoms with Crippen molar-refractivity contribution in [1.29, 1.82) is 0 Å². The minimum Gasteiger partial charge on any atom is -0.344 e. The number of dihydropyridines is 1. The van der Waals surface area contributed by atoms with E-state index in [9.17, 15) is 4.79 Å². The molecule has 0 aromatic carbocycles. The number of hydrogen-bond acceptors (Lipinski definition) is 4. The first kappa shape index (κ1) is 13.6. The molecule has 18 heavy (non-hydrogen) atoms. The molecule has 2 aliphatic heterocycles. The fourth-order valence-corrected chi connectivity index (χ4v) is 3.56.